The summed E-state index contributed by atoms with van der Waals surface area (Å²) in [6.45, 7) is 4.66. The van der Waals surface area contributed by atoms with E-state index < -0.39 is 17.5 Å². The fraction of sp³-hybridized carbons (Fsp3) is 0.455. The van der Waals surface area contributed by atoms with E-state index in [1.807, 2.05) is 0 Å². The average Bonchev–Trinajstić information content (AvgIpc) is 2.15. The molecule has 0 saturated heterocycles. The summed E-state index contributed by atoms with van der Waals surface area (Å²) in [7, 11) is 0. The zero-order valence-electron chi connectivity index (χ0n) is 9.88. The molecule has 0 spiro atoms. The summed E-state index contributed by atoms with van der Waals surface area (Å²) < 4.78 is 18.3. The number of benzene rings is 1. The van der Waals surface area contributed by atoms with Crippen LogP contribution in [0, 0.1) is 5.82 Å². The first-order chi connectivity index (χ1) is 7.71. The molecule has 0 aliphatic carbocycles. The molecule has 1 aromatic carbocycles. The Morgan fingerprint density at radius 2 is 1.94 bits per heavy atom. The van der Waals surface area contributed by atoms with E-state index in [1.165, 1.54) is 13.8 Å². The van der Waals surface area contributed by atoms with Crippen molar-refractivity contribution >= 4 is 5.69 Å². The number of halogens is 1. The van der Waals surface area contributed by atoms with Crippen molar-refractivity contribution < 1.29 is 24.6 Å². The number of nitrogens with zero attached hydrogens (tertiary/aromatic N) is 1. The molecular formula is C11H16FNO4. The molecule has 1 atom stereocenters. The van der Waals surface area contributed by atoms with Crippen LogP contribution in [-0.4, -0.2) is 27.2 Å². The summed E-state index contributed by atoms with van der Waals surface area (Å²) in [5, 5.41) is 27.4. The van der Waals surface area contributed by atoms with Crippen molar-refractivity contribution in [1.29, 1.82) is 0 Å². The van der Waals surface area contributed by atoms with Crippen LogP contribution in [0.4, 0.5) is 10.1 Å². The van der Waals surface area contributed by atoms with Gasteiger partial charge in [0.05, 0.1) is 5.60 Å². The minimum atomic E-state index is -1.14. The highest BCUT2D eigenvalue weighted by Crippen LogP contribution is 2.29. The highest BCUT2D eigenvalue weighted by Gasteiger charge is 2.25. The van der Waals surface area contributed by atoms with Gasteiger partial charge in [-0.05, 0) is 32.9 Å². The van der Waals surface area contributed by atoms with Gasteiger partial charge in [-0.2, -0.15) is 0 Å². The smallest absolute Gasteiger partial charge is 0.151 e. The maximum absolute atomic E-state index is 13.0. The van der Waals surface area contributed by atoms with Gasteiger partial charge in [-0.1, -0.05) is 0 Å². The monoisotopic (exact) mass is 245 g/mol. The van der Waals surface area contributed by atoms with Gasteiger partial charge in [0, 0.05) is 6.07 Å². The molecule has 0 amide bonds. The maximum Gasteiger partial charge on any atom is 0.151 e. The van der Waals surface area contributed by atoms with Gasteiger partial charge in [-0.3, -0.25) is 10.4 Å². The number of ether oxygens (including phenoxy) is 1. The zero-order chi connectivity index (χ0) is 13.2. The van der Waals surface area contributed by atoms with Gasteiger partial charge in [0.15, 0.2) is 5.75 Å². The van der Waals surface area contributed by atoms with Crippen molar-refractivity contribution in [1.82, 2.24) is 0 Å². The predicted octanol–water partition coefficient (Wildman–Crippen LogP) is 1.95. The van der Waals surface area contributed by atoms with Crippen molar-refractivity contribution in [2.75, 3.05) is 5.23 Å². The number of hydrogen-bond acceptors (Lipinski definition) is 5. The van der Waals surface area contributed by atoms with E-state index >= 15 is 0 Å². The second-order valence-electron chi connectivity index (χ2n) is 4.32. The van der Waals surface area contributed by atoms with Gasteiger partial charge in [-0.25, -0.2) is 4.39 Å². The van der Waals surface area contributed by atoms with Crippen molar-refractivity contribution in [2.45, 2.75) is 32.5 Å². The predicted molar refractivity (Wildman–Crippen MR) is 58.8 cm³/mol. The summed E-state index contributed by atoms with van der Waals surface area (Å²) in [4.78, 5) is 0. The third-order valence-electron chi connectivity index (χ3n) is 2.44. The first-order valence-electron chi connectivity index (χ1n) is 5.08. The molecule has 1 aromatic rings. The molecule has 1 unspecified atom stereocenters. The Kier molecular flexibility index (Phi) is 3.92. The van der Waals surface area contributed by atoms with Crippen LogP contribution >= 0.6 is 0 Å². The fourth-order valence-electron chi connectivity index (χ4n) is 1.08. The van der Waals surface area contributed by atoms with Crippen LogP contribution in [0.3, 0.4) is 0 Å². The number of anilines is 1. The summed E-state index contributed by atoms with van der Waals surface area (Å²) in [5.41, 5.74) is -1.25. The van der Waals surface area contributed by atoms with Gasteiger partial charge in [0.2, 0.25) is 0 Å². The molecule has 96 valence electrons. The van der Waals surface area contributed by atoms with Crippen LogP contribution in [0.15, 0.2) is 18.2 Å². The Bertz CT molecular complexity index is 390. The molecule has 0 aliphatic rings. The van der Waals surface area contributed by atoms with E-state index in [2.05, 4.69) is 0 Å². The Labute approximate surface area is 98.6 Å². The highest BCUT2D eigenvalue weighted by atomic mass is 19.1. The van der Waals surface area contributed by atoms with Crippen LogP contribution in [-0.2, 0) is 0 Å². The van der Waals surface area contributed by atoms with Crippen LogP contribution in [0.5, 0.6) is 5.75 Å². The Hall–Kier alpha value is -1.37. The minimum Gasteiger partial charge on any atom is -0.485 e. The zero-order valence-corrected chi connectivity index (χ0v) is 9.88. The fourth-order valence-corrected chi connectivity index (χ4v) is 1.08. The van der Waals surface area contributed by atoms with Crippen molar-refractivity contribution in [3.05, 3.63) is 24.0 Å². The second-order valence-corrected chi connectivity index (χ2v) is 4.32. The third-order valence-corrected chi connectivity index (χ3v) is 2.44. The average molecular weight is 245 g/mol. The Balaban J connectivity index is 3.00. The topological polar surface area (TPSA) is 73.2 Å². The third kappa shape index (κ3) is 3.55. The lowest BCUT2D eigenvalue weighted by Crippen LogP contribution is -2.38. The maximum atomic E-state index is 13.0. The first kappa shape index (κ1) is 13.7. The summed E-state index contributed by atoms with van der Waals surface area (Å²) in [5.74, 6) is -0.641. The summed E-state index contributed by atoms with van der Waals surface area (Å²) in [6.07, 6.45) is -0.650. The molecule has 0 bridgehead atoms. The molecule has 0 radical (unpaired) electrons. The number of aliphatic hydroxyl groups is 1. The van der Waals surface area contributed by atoms with E-state index in [-0.39, 0.29) is 16.7 Å². The van der Waals surface area contributed by atoms with Crippen LogP contribution < -0.4 is 9.96 Å². The van der Waals surface area contributed by atoms with E-state index in [9.17, 15) is 9.50 Å². The van der Waals surface area contributed by atoms with E-state index in [4.69, 9.17) is 15.2 Å². The molecule has 1 rings (SSSR count). The number of hydrogen-bond donors (Lipinski definition) is 3. The molecule has 0 saturated carbocycles. The lowest BCUT2D eigenvalue weighted by atomic mass is 10.0. The molecule has 17 heavy (non-hydrogen) atoms. The summed E-state index contributed by atoms with van der Waals surface area (Å²) in [6, 6.07) is 3.23. The molecule has 0 fully saturated rings. The largest absolute Gasteiger partial charge is 0.485 e. The molecular weight excluding hydrogens is 229 g/mol. The molecule has 5 nitrogen and oxygen atoms in total. The minimum absolute atomic E-state index is 0.0652. The Morgan fingerprint density at radius 3 is 2.41 bits per heavy atom. The first-order valence-corrected chi connectivity index (χ1v) is 5.08. The molecule has 6 heteroatoms. The van der Waals surface area contributed by atoms with Gasteiger partial charge in [-0.15, -0.1) is 5.23 Å². The molecule has 0 heterocycles. The van der Waals surface area contributed by atoms with Crippen molar-refractivity contribution in [2.24, 2.45) is 0 Å². The van der Waals surface area contributed by atoms with E-state index in [0.29, 0.717) is 0 Å². The van der Waals surface area contributed by atoms with Gasteiger partial charge < -0.3 is 9.84 Å². The highest BCUT2D eigenvalue weighted by molar-refractivity contribution is 5.55. The van der Waals surface area contributed by atoms with Crippen LogP contribution in [0.2, 0.25) is 0 Å². The van der Waals surface area contributed by atoms with Crippen molar-refractivity contribution in [3.8, 4) is 5.75 Å². The SMILES string of the molecule is CC(Oc1cc(F)ccc1N(O)O)C(C)(C)O. The Morgan fingerprint density at radius 1 is 1.35 bits per heavy atom. The molecule has 0 aliphatic heterocycles. The lowest BCUT2D eigenvalue weighted by molar-refractivity contribution is -0.0266. The standard InChI is InChI=1S/C11H16FNO4/c1-7(11(2,3)14)17-10-6-8(12)4-5-9(10)13(15)16/h4-7,14-16H,1-3H3. The lowest BCUT2D eigenvalue weighted by Gasteiger charge is -2.27. The van der Waals surface area contributed by atoms with Crippen molar-refractivity contribution in [3.63, 3.8) is 0 Å². The molecule has 3 N–H and O–H groups in total. The van der Waals surface area contributed by atoms with Gasteiger partial charge in [0.25, 0.3) is 0 Å². The molecule has 0 aromatic heterocycles. The van der Waals surface area contributed by atoms with Crippen LogP contribution in [0.1, 0.15) is 20.8 Å². The number of rotatable bonds is 4. The normalized spacial score (nSPS) is 13.4. The summed E-state index contributed by atoms with van der Waals surface area (Å²) >= 11 is 0. The van der Waals surface area contributed by atoms with E-state index in [1.54, 1.807) is 6.92 Å². The van der Waals surface area contributed by atoms with Crippen LogP contribution in [0.25, 0.3) is 0 Å². The van der Waals surface area contributed by atoms with Gasteiger partial charge >= 0.3 is 0 Å². The van der Waals surface area contributed by atoms with Gasteiger partial charge in [0.1, 0.15) is 17.6 Å². The van der Waals surface area contributed by atoms with E-state index in [0.717, 1.165) is 18.2 Å². The quantitative estimate of drug-likeness (QED) is 0.707. The second kappa shape index (κ2) is 4.87.